The maximum Gasteiger partial charge on any atom is 0.414 e. The maximum atomic E-state index is 14.4. The number of amides is 1. The third-order valence-electron chi connectivity index (χ3n) is 9.25. The molecular formula is C37H36Cl2FN3O8. The molecule has 3 saturated heterocycles. The van der Waals surface area contributed by atoms with Crippen LogP contribution in [0.25, 0.3) is 0 Å². The van der Waals surface area contributed by atoms with E-state index in [0.717, 1.165) is 50.5 Å². The molecule has 7 rings (SSSR count). The van der Waals surface area contributed by atoms with Gasteiger partial charge in [-0.1, -0.05) is 41.4 Å². The van der Waals surface area contributed by atoms with Gasteiger partial charge in [0.15, 0.2) is 23.9 Å². The number of halogens is 3. The van der Waals surface area contributed by atoms with Crippen LogP contribution in [0, 0.1) is 16.9 Å². The van der Waals surface area contributed by atoms with Gasteiger partial charge in [0.2, 0.25) is 0 Å². The van der Waals surface area contributed by atoms with E-state index in [1.165, 1.54) is 25.2 Å². The summed E-state index contributed by atoms with van der Waals surface area (Å²) in [4.78, 5) is 30.7. The average molecular weight is 741 g/mol. The lowest BCUT2D eigenvalue weighted by atomic mass is 9.86. The Kier molecular flexibility index (Phi) is 11.0. The third kappa shape index (κ3) is 8.41. The minimum atomic E-state index is -0.910. The van der Waals surface area contributed by atoms with Crippen molar-refractivity contribution < 1.29 is 42.8 Å². The highest BCUT2D eigenvalue weighted by atomic mass is 35.5. The number of aromatic hydroxyl groups is 1. The number of aromatic nitrogens is 1. The fraction of sp³-hybridized carbons (Fsp3) is 0.324. The molecule has 4 heterocycles. The molecule has 4 aromatic rings. The zero-order valence-corrected chi connectivity index (χ0v) is 29.4. The first kappa shape index (κ1) is 36.0. The van der Waals surface area contributed by atoms with Crippen LogP contribution in [-0.4, -0.2) is 62.0 Å². The Bertz CT molecular complexity index is 1860. The number of rotatable bonds is 11. The molecule has 51 heavy (non-hydrogen) atoms. The van der Waals surface area contributed by atoms with Crippen molar-refractivity contribution in [3.8, 4) is 17.2 Å². The zero-order chi connectivity index (χ0) is 36.2. The van der Waals surface area contributed by atoms with Crippen molar-refractivity contribution in [2.24, 2.45) is 5.92 Å². The molecule has 3 aliphatic heterocycles. The zero-order valence-electron chi connectivity index (χ0n) is 27.9. The predicted octanol–water partition coefficient (Wildman–Crippen LogP) is 6.87. The van der Waals surface area contributed by atoms with E-state index in [1.807, 2.05) is 0 Å². The average Bonchev–Trinajstić information content (AvgIpc) is 3.11. The summed E-state index contributed by atoms with van der Waals surface area (Å²) in [5.41, 5.74) is 1.89. The Morgan fingerprint density at radius 1 is 1.00 bits per heavy atom. The number of esters is 1. The number of hydrogen-bond donors (Lipinski definition) is 1. The SMILES string of the molecule is COc1ccc([C@H](Cc2c(Cl)c[n+]([O-])cc2Cl)OC(=O)c2ccc(CN(C(=O)O[C@H]3CN4CCC3CC4)c3cc(O)cc(F)c3)cc2)cc1OC. The van der Waals surface area contributed by atoms with Gasteiger partial charge in [-0.2, -0.15) is 4.73 Å². The Hall–Kier alpha value is -4.78. The number of hydrogen-bond acceptors (Lipinski definition) is 9. The first-order chi connectivity index (χ1) is 24.5. The number of carbonyl (C=O) groups excluding carboxylic acids is 2. The largest absolute Gasteiger partial charge is 0.619 e. The van der Waals surface area contributed by atoms with Crippen molar-refractivity contribution >= 4 is 41.0 Å². The van der Waals surface area contributed by atoms with Gasteiger partial charge in [0.1, 0.15) is 33.8 Å². The summed E-state index contributed by atoms with van der Waals surface area (Å²) in [5, 5.41) is 22.2. The molecule has 0 unspecified atom stereocenters. The van der Waals surface area contributed by atoms with Crippen LogP contribution in [0.2, 0.25) is 10.0 Å². The lowest BCUT2D eigenvalue weighted by Gasteiger charge is -2.44. The van der Waals surface area contributed by atoms with Crippen LogP contribution in [0.1, 0.15) is 46.0 Å². The van der Waals surface area contributed by atoms with Crippen LogP contribution in [0.15, 0.2) is 73.1 Å². The van der Waals surface area contributed by atoms with E-state index in [2.05, 4.69) is 4.90 Å². The maximum absolute atomic E-state index is 14.4. The van der Waals surface area contributed by atoms with E-state index in [9.17, 15) is 24.3 Å². The molecule has 0 aliphatic carbocycles. The lowest BCUT2D eigenvalue weighted by Crippen LogP contribution is -2.53. The number of anilines is 1. The van der Waals surface area contributed by atoms with Crippen LogP contribution in [0.3, 0.4) is 0 Å². The minimum Gasteiger partial charge on any atom is -0.619 e. The van der Waals surface area contributed by atoms with Gasteiger partial charge in [-0.3, -0.25) is 9.80 Å². The summed E-state index contributed by atoms with van der Waals surface area (Å²) in [6, 6.07) is 14.9. The van der Waals surface area contributed by atoms with Gasteiger partial charge in [-0.25, -0.2) is 14.0 Å². The van der Waals surface area contributed by atoms with Crippen molar-refractivity contribution in [1.82, 2.24) is 4.90 Å². The first-order valence-electron chi connectivity index (χ1n) is 16.3. The Labute approximate surface area is 304 Å². The molecule has 3 fully saturated rings. The number of methoxy groups -OCH3 is 2. The number of carbonyl (C=O) groups is 2. The van der Waals surface area contributed by atoms with Gasteiger partial charge in [-0.05, 0) is 73.3 Å². The molecule has 268 valence electrons. The van der Waals surface area contributed by atoms with Gasteiger partial charge in [0, 0.05) is 30.7 Å². The number of pyridine rings is 1. The summed E-state index contributed by atoms with van der Waals surface area (Å²) in [7, 11) is 2.99. The third-order valence-corrected chi connectivity index (χ3v) is 9.91. The number of phenolic OH excluding ortho intramolecular Hbond substituents is 1. The molecule has 0 saturated carbocycles. The van der Waals surface area contributed by atoms with Gasteiger partial charge in [0.05, 0.1) is 32.0 Å². The Morgan fingerprint density at radius 2 is 1.69 bits per heavy atom. The van der Waals surface area contributed by atoms with Gasteiger partial charge in [-0.15, -0.1) is 0 Å². The lowest BCUT2D eigenvalue weighted by molar-refractivity contribution is -0.605. The topological polar surface area (TPSA) is 125 Å². The summed E-state index contributed by atoms with van der Waals surface area (Å²) < 4.78 is 37.6. The van der Waals surface area contributed by atoms with Crippen molar-refractivity contribution in [1.29, 1.82) is 0 Å². The van der Waals surface area contributed by atoms with Gasteiger partial charge < -0.3 is 29.3 Å². The van der Waals surface area contributed by atoms with E-state index in [1.54, 1.807) is 42.5 Å². The van der Waals surface area contributed by atoms with E-state index < -0.39 is 24.0 Å². The van der Waals surface area contributed by atoms with Crippen LogP contribution in [0.4, 0.5) is 14.9 Å². The number of fused-ring (bicyclic) bond motifs is 3. The van der Waals surface area contributed by atoms with Crippen molar-refractivity contribution in [2.75, 3.05) is 38.8 Å². The molecular weight excluding hydrogens is 704 g/mol. The van der Waals surface area contributed by atoms with E-state index in [4.69, 9.17) is 42.1 Å². The summed E-state index contributed by atoms with van der Waals surface area (Å²) in [5.74, 6) is -0.577. The summed E-state index contributed by atoms with van der Waals surface area (Å²) in [6.45, 7) is 2.55. The van der Waals surface area contributed by atoms with Crippen molar-refractivity contribution in [2.45, 2.75) is 38.0 Å². The first-order valence-corrected chi connectivity index (χ1v) is 17.1. The van der Waals surface area contributed by atoms with Gasteiger partial charge >= 0.3 is 12.1 Å². The second kappa shape index (κ2) is 15.6. The van der Waals surface area contributed by atoms with Crippen LogP contribution in [-0.2, 0) is 22.4 Å². The molecule has 0 radical (unpaired) electrons. The Morgan fingerprint density at radius 3 is 2.29 bits per heavy atom. The summed E-state index contributed by atoms with van der Waals surface area (Å²) in [6.07, 6.45) is 2.38. The van der Waals surface area contributed by atoms with E-state index in [0.29, 0.717) is 39.5 Å². The minimum absolute atomic E-state index is 0.0306. The number of ether oxygens (including phenoxy) is 4. The Balaban J connectivity index is 1.23. The smallest absolute Gasteiger partial charge is 0.414 e. The molecule has 1 aromatic heterocycles. The van der Waals surface area contributed by atoms with Crippen LogP contribution >= 0.6 is 23.2 Å². The fourth-order valence-electron chi connectivity index (χ4n) is 6.53. The normalized spacial score (nSPS) is 18.5. The second-order valence-corrected chi connectivity index (χ2v) is 13.3. The molecule has 1 amide bonds. The van der Waals surface area contributed by atoms with E-state index >= 15 is 0 Å². The van der Waals surface area contributed by atoms with Gasteiger partial charge in [0.25, 0.3) is 0 Å². The second-order valence-electron chi connectivity index (χ2n) is 12.5. The van der Waals surface area contributed by atoms with E-state index in [-0.39, 0.29) is 52.0 Å². The molecule has 1 N–H and O–H groups in total. The number of nitrogens with zero attached hydrogens (tertiary/aromatic N) is 3. The highest BCUT2D eigenvalue weighted by molar-refractivity contribution is 6.35. The molecule has 3 aliphatic rings. The fourth-order valence-corrected chi connectivity index (χ4v) is 7.13. The number of piperidine rings is 3. The van der Waals surface area contributed by atoms with Crippen LogP contribution in [0.5, 0.6) is 17.2 Å². The predicted molar refractivity (Wildman–Crippen MR) is 187 cm³/mol. The molecule has 14 heteroatoms. The standard InChI is InChI=1S/C37H36Cl2FN3O8/c1-48-32-8-7-25(13-34(32)49-2)33(17-29-30(38)19-42(47)20-31(29)39)50-36(45)24-5-3-22(4-6-24)18-43(27-14-26(40)15-28(44)16-27)37(46)51-35-21-41-11-9-23(35)10-12-41/h3-8,13-16,19-20,23,33,35,44H,9-12,17-18,21H2,1-2H3/t33-,35-/m0/s1. The quantitative estimate of drug-likeness (QED) is 0.0997. The molecule has 3 aromatic carbocycles. The number of phenols is 1. The molecule has 2 atom stereocenters. The van der Waals surface area contributed by atoms with Crippen molar-refractivity contribution in [3.05, 3.63) is 116 Å². The molecule has 2 bridgehead atoms. The van der Waals surface area contributed by atoms with Crippen molar-refractivity contribution in [3.63, 3.8) is 0 Å². The summed E-state index contributed by atoms with van der Waals surface area (Å²) >= 11 is 12.8. The molecule has 11 nitrogen and oxygen atoms in total. The molecule has 0 spiro atoms. The highest BCUT2D eigenvalue weighted by Crippen LogP contribution is 2.36. The number of benzene rings is 3. The monoisotopic (exact) mass is 739 g/mol. The van der Waals surface area contributed by atoms with Crippen LogP contribution < -0.4 is 19.1 Å². The highest BCUT2D eigenvalue weighted by Gasteiger charge is 2.37.